The van der Waals surface area contributed by atoms with Gasteiger partial charge >= 0.3 is 0 Å². The third-order valence-electron chi connectivity index (χ3n) is 5.64. The maximum absolute atomic E-state index is 12.8. The van der Waals surface area contributed by atoms with Crippen LogP contribution in [0.5, 0.6) is 5.75 Å². The van der Waals surface area contributed by atoms with Crippen LogP contribution in [0.25, 0.3) is 6.08 Å². The molecule has 0 aromatic heterocycles. The van der Waals surface area contributed by atoms with Gasteiger partial charge in [0, 0.05) is 31.1 Å². The van der Waals surface area contributed by atoms with E-state index in [-0.39, 0.29) is 11.8 Å². The van der Waals surface area contributed by atoms with Crippen molar-refractivity contribution < 1.29 is 14.6 Å². The smallest absolute Gasteiger partial charge is 0.164 e. The largest absolute Gasteiger partial charge is 0.497 e. The number of ether oxygens (including phenoxy) is 1. The molecule has 0 saturated heterocycles. The van der Waals surface area contributed by atoms with Gasteiger partial charge in [0.2, 0.25) is 0 Å². The van der Waals surface area contributed by atoms with E-state index >= 15 is 0 Å². The number of Topliss-reactive ketones (excluding diaryl/α,β-unsaturated/α-hetero) is 1. The van der Waals surface area contributed by atoms with Crippen LogP contribution in [-0.2, 0) is 0 Å². The van der Waals surface area contributed by atoms with E-state index in [1.807, 2.05) is 73.7 Å². The Kier molecular flexibility index (Phi) is 8.79. The van der Waals surface area contributed by atoms with Gasteiger partial charge in [0.05, 0.1) is 13.2 Å². The molecule has 0 aliphatic carbocycles. The van der Waals surface area contributed by atoms with E-state index in [0.717, 1.165) is 11.1 Å². The molecule has 4 heteroatoms. The van der Waals surface area contributed by atoms with Gasteiger partial charge in [-0.05, 0) is 30.2 Å². The second-order valence-electron chi connectivity index (χ2n) is 7.81. The molecule has 2 atom stereocenters. The van der Waals surface area contributed by atoms with Crippen molar-refractivity contribution in [1.82, 2.24) is 4.90 Å². The number of aliphatic hydroxyl groups is 1. The summed E-state index contributed by atoms with van der Waals surface area (Å²) in [7, 11) is 1.59. The Labute approximate surface area is 190 Å². The van der Waals surface area contributed by atoms with Crippen molar-refractivity contribution in [3.05, 3.63) is 108 Å². The molecule has 3 aromatic rings. The van der Waals surface area contributed by atoms with Crippen LogP contribution in [-0.4, -0.2) is 42.0 Å². The lowest BCUT2D eigenvalue weighted by Gasteiger charge is -2.31. The average Bonchev–Trinajstić information content (AvgIpc) is 2.86. The molecule has 166 valence electrons. The number of nitrogens with zero attached hydrogens (tertiary/aromatic N) is 1. The second-order valence-corrected chi connectivity index (χ2v) is 7.81. The molecule has 4 nitrogen and oxygen atoms in total. The van der Waals surface area contributed by atoms with Gasteiger partial charge in [-0.1, -0.05) is 84.9 Å². The zero-order chi connectivity index (χ0) is 22.8. The van der Waals surface area contributed by atoms with Gasteiger partial charge in [-0.2, -0.15) is 0 Å². The maximum atomic E-state index is 12.8. The molecule has 0 fully saturated rings. The third-order valence-corrected chi connectivity index (χ3v) is 5.64. The summed E-state index contributed by atoms with van der Waals surface area (Å²) in [5.74, 6) is 0.730. The highest BCUT2D eigenvalue weighted by molar-refractivity contribution is 5.96. The number of methoxy groups -OCH3 is 1. The highest BCUT2D eigenvalue weighted by Crippen LogP contribution is 2.22. The molecular formula is C28H31NO3. The molecule has 32 heavy (non-hydrogen) atoms. The van der Waals surface area contributed by atoms with Gasteiger partial charge in [-0.3, -0.25) is 9.69 Å². The lowest BCUT2D eigenvalue weighted by molar-refractivity contribution is 0.0614. The molecule has 0 aliphatic heterocycles. The van der Waals surface area contributed by atoms with Crippen LogP contribution in [0.1, 0.15) is 40.9 Å². The minimum Gasteiger partial charge on any atom is -0.497 e. The second kappa shape index (κ2) is 12.0. The quantitative estimate of drug-likeness (QED) is 0.414. The zero-order valence-electron chi connectivity index (χ0n) is 18.7. The van der Waals surface area contributed by atoms with E-state index in [2.05, 4.69) is 29.2 Å². The van der Waals surface area contributed by atoms with E-state index in [1.54, 1.807) is 13.2 Å². The Morgan fingerprint density at radius 2 is 1.69 bits per heavy atom. The summed E-state index contributed by atoms with van der Waals surface area (Å²) in [6.45, 7) is 3.18. The number of hydrogen-bond acceptors (Lipinski definition) is 4. The Morgan fingerprint density at radius 1 is 1.00 bits per heavy atom. The molecular weight excluding hydrogens is 398 g/mol. The summed E-state index contributed by atoms with van der Waals surface area (Å²) >= 11 is 0. The number of carbonyl (C=O) groups excluding carboxylic acids is 1. The molecule has 3 rings (SSSR count). The molecule has 0 amide bonds. The predicted octanol–water partition coefficient (Wildman–Crippen LogP) is 5.41. The van der Waals surface area contributed by atoms with Gasteiger partial charge in [0.25, 0.3) is 0 Å². The monoisotopic (exact) mass is 429 g/mol. The van der Waals surface area contributed by atoms with E-state index in [0.29, 0.717) is 30.8 Å². The molecule has 0 saturated carbocycles. The Balaban J connectivity index is 1.71. The lowest BCUT2D eigenvalue weighted by Crippen LogP contribution is -2.39. The number of carbonyl (C=O) groups is 1. The van der Waals surface area contributed by atoms with Gasteiger partial charge in [0.15, 0.2) is 5.78 Å². The molecule has 2 unspecified atom stereocenters. The van der Waals surface area contributed by atoms with Crippen molar-refractivity contribution in [2.24, 2.45) is 0 Å². The number of hydrogen-bond donors (Lipinski definition) is 1. The van der Waals surface area contributed by atoms with Crippen molar-refractivity contribution in [1.29, 1.82) is 0 Å². The van der Waals surface area contributed by atoms with Crippen molar-refractivity contribution in [3.8, 4) is 5.75 Å². The van der Waals surface area contributed by atoms with Crippen LogP contribution in [0, 0.1) is 0 Å². The standard InChI is InChI=1S/C28H31NO3/c1-22(28(31)24-14-7-4-8-15-24)29(19-10-13-23-11-5-3-6-12-23)20-18-27(30)25-16-9-17-26(21-25)32-2/h3-17,21-22,28,31H,18-20H2,1-2H3/b13-10+. The van der Waals surface area contributed by atoms with Gasteiger partial charge in [-0.25, -0.2) is 0 Å². The Bertz CT molecular complexity index is 1000. The summed E-state index contributed by atoms with van der Waals surface area (Å²) in [4.78, 5) is 15.0. The van der Waals surface area contributed by atoms with Crippen LogP contribution in [0.2, 0.25) is 0 Å². The normalized spacial score (nSPS) is 13.2. The maximum Gasteiger partial charge on any atom is 0.164 e. The van der Waals surface area contributed by atoms with Crippen LogP contribution in [0.15, 0.2) is 91.0 Å². The number of rotatable bonds is 11. The molecule has 0 bridgehead atoms. The predicted molar refractivity (Wildman–Crippen MR) is 130 cm³/mol. The molecule has 0 radical (unpaired) electrons. The number of benzene rings is 3. The van der Waals surface area contributed by atoms with Crippen molar-refractivity contribution >= 4 is 11.9 Å². The SMILES string of the molecule is COc1cccc(C(=O)CCN(C/C=C/c2ccccc2)C(C)C(O)c2ccccc2)c1. The number of ketones is 1. The number of aliphatic hydroxyl groups excluding tert-OH is 1. The Morgan fingerprint density at radius 3 is 2.38 bits per heavy atom. The van der Waals surface area contributed by atoms with Gasteiger partial charge < -0.3 is 9.84 Å². The van der Waals surface area contributed by atoms with E-state index in [9.17, 15) is 9.90 Å². The first-order valence-electron chi connectivity index (χ1n) is 10.9. The first-order chi connectivity index (χ1) is 15.6. The van der Waals surface area contributed by atoms with E-state index in [4.69, 9.17) is 4.74 Å². The first-order valence-corrected chi connectivity index (χ1v) is 10.9. The van der Waals surface area contributed by atoms with Crippen LogP contribution in [0.4, 0.5) is 0 Å². The summed E-state index contributed by atoms with van der Waals surface area (Å²) in [5, 5.41) is 11.0. The van der Waals surface area contributed by atoms with Crippen LogP contribution >= 0.6 is 0 Å². The molecule has 1 N–H and O–H groups in total. The van der Waals surface area contributed by atoms with Gasteiger partial charge in [0.1, 0.15) is 5.75 Å². The first kappa shape index (κ1) is 23.5. The topological polar surface area (TPSA) is 49.8 Å². The minimum atomic E-state index is -0.645. The summed E-state index contributed by atoms with van der Waals surface area (Å²) in [5.41, 5.74) is 2.63. The molecule has 0 heterocycles. The highest BCUT2D eigenvalue weighted by atomic mass is 16.5. The fourth-order valence-electron chi connectivity index (χ4n) is 3.66. The third kappa shape index (κ3) is 6.64. The summed E-state index contributed by atoms with van der Waals surface area (Å²) in [6.07, 6.45) is 3.87. The van der Waals surface area contributed by atoms with Crippen LogP contribution < -0.4 is 4.74 Å². The fourth-order valence-corrected chi connectivity index (χ4v) is 3.66. The Hall–Kier alpha value is -3.21. The van der Waals surface area contributed by atoms with E-state index < -0.39 is 6.10 Å². The molecule has 0 aliphatic rings. The van der Waals surface area contributed by atoms with E-state index in [1.165, 1.54) is 0 Å². The summed E-state index contributed by atoms with van der Waals surface area (Å²) in [6, 6.07) is 26.8. The summed E-state index contributed by atoms with van der Waals surface area (Å²) < 4.78 is 5.24. The lowest BCUT2D eigenvalue weighted by atomic mass is 10.0. The van der Waals surface area contributed by atoms with Gasteiger partial charge in [-0.15, -0.1) is 0 Å². The average molecular weight is 430 g/mol. The molecule has 0 spiro atoms. The van der Waals surface area contributed by atoms with Crippen molar-refractivity contribution in [2.75, 3.05) is 20.2 Å². The zero-order valence-corrected chi connectivity index (χ0v) is 18.7. The minimum absolute atomic E-state index is 0.0577. The van der Waals surface area contributed by atoms with Crippen LogP contribution in [0.3, 0.4) is 0 Å². The van der Waals surface area contributed by atoms with Crippen molar-refractivity contribution in [3.63, 3.8) is 0 Å². The highest BCUT2D eigenvalue weighted by Gasteiger charge is 2.23. The fraction of sp³-hybridized carbons (Fsp3) is 0.250. The van der Waals surface area contributed by atoms with Crippen molar-refractivity contribution in [2.45, 2.75) is 25.5 Å². The molecule has 3 aromatic carbocycles.